The highest BCUT2D eigenvalue weighted by Crippen LogP contribution is 2.24. The predicted molar refractivity (Wildman–Crippen MR) is 85.6 cm³/mol. The Bertz CT molecular complexity index is 618. The second-order valence-corrected chi connectivity index (χ2v) is 6.60. The Morgan fingerprint density at radius 3 is 3.19 bits per heavy atom. The van der Waals surface area contributed by atoms with Gasteiger partial charge < -0.3 is 9.64 Å². The maximum Gasteiger partial charge on any atom is 0.228 e. The number of hydrogen-bond acceptors (Lipinski definition) is 4. The smallest absolute Gasteiger partial charge is 0.228 e. The molecule has 2 aromatic rings. The molecular weight excluding hydrogens is 352 g/mol. The molecule has 0 aliphatic carbocycles. The van der Waals surface area contributed by atoms with Crippen LogP contribution in [-0.4, -0.2) is 35.0 Å². The van der Waals surface area contributed by atoms with E-state index in [4.69, 9.17) is 4.74 Å². The van der Waals surface area contributed by atoms with Gasteiger partial charge in [-0.1, -0.05) is 0 Å². The minimum absolute atomic E-state index is 0.0163. The van der Waals surface area contributed by atoms with Crippen LogP contribution in [0.25, 0.3) is 0 Å². The number of ether oxygens (including phenoxy) is 1. The Hall–Kier alpha value is -1.40. The molecule has 0 unspecified atom stereocenters. The van der Waals surface area contributed by atoms with E-state index in [0.717, 1.165) is 23.0 Å². The van der Waals surface area contributed by atoms with Crippen LogP contribution in [0.1, 0.15) is 12.0 Å². The summed E-state index contributed by atoms with van der Waals surface area (Å²) >= 11 is 5.04. The SMILES string of the molecule is O=C(Cc1ccsc1)N1CC[C@@H](Oc2ncccc2Br)C1. The van der Waals surface area contributed by atoms with Crippen molar-refractivity contribution < 1.29 is 9.53 Å². The number of nitrogens with zero attached hydrogens (tertiary/aromatic N) is 2. The maximum absolute atomic E-state index is 12.2. The van der Waals surface area contributed by atoms with Crippen LogP contribution in [0.15, 0.2) is 39.6 Å². The number of likely N-dealkylation sites (tertiary alicyclic amines) is 1. The molecule has 0 saturated carbocycles. The molecule has 0 aromatic carbocycles. The van der Waals surface area contributed by atoms with Crippen molar-refractivity contribution in [3.63, 3.8) is 0 Å². The normalized spacial score (nSPS) is 18.0. The zero-order chi connectivity index (χ0) is 14.7. The molecule has 0 N–H and O–H groups in total. The largest absolute Gasteiger partial charge is 0.472 e. The first kappa shape index (κ1) is 14.5. The molecule has 1 fully saturated rings. The van der Waals surface area contributed by atoms with E-state index in [1.165, 1.54) is 0 Å². The van der Waals surface area contributed by atoms with Gasteiger partial charge in [0.25, 0.3) is 0 Å². The van der Waals surface area contributed by atoms with Gasteiger partial charge in [-0.05, 0) is 50.5 Å². The molecule has 1 atom stereocenters. The number of carbonyl (C=O) groups excluding carboxylic acids is 1. The fraction of sp³-hybridized carbons (Fsp3) is 0.333. The Balaban J connectivity index is 1.56. The van der Waals surface area contributed by atoms with Gasteiger partial charge in [0.2, 0.25) is 11.8 Å². The highest BCUT2D eigenvalue weighted by atomic mass is 79.9. The molecule has 1 aliphatic rings. The quantitative estimate of drug-likeness (QED) is 0.834. The number of aromatic nitrogens is 1. The summed E-state index contributed by atoms with van der Waals surface area (Å²) in [4.78, 5) is 18.3. The van der Waals surface area contributed by atoms with Gasteiger partial charge >= 0.3 is 0 Å². The number of rotatable bonds is 4. The molecule has 3 rings (SSSR count). The van der Waals surface area contributed by atoms with Crippen molar-refractivity contribution in [2.24, 2.45) is 0 Å². The van der Waals surface area contributed by atoms with E-state index in [0.29, 0.717) is 18.8 Å². The van der Waals surface area contributed by atoms with Crippen molar-refractivity contribution in [1.82, 2.24) is 9.88 Å². The summed E-state index contributed by atoms with van der Waals surface area (Å²) in [5.41, 5.74) is 1.09. The Morgan fingerprint density at radius 2 is 2.43 bits per heavy atom. The van der Waals surface area contributed by atoms with Gasteiger partial charge in [-0.3, -0.25) is 4.79 Å². The van der Waals surface area contributed by atoms with Crippen molar-refractivity contribution >= 4 is 33.2 Å². The fourth-order valence-electron chi connectivity index (χ4n) is 2.35. The van der Waals surface area contributed by atoms with E-state index in [-0.39, 0.29) is 12.0 Å². The summed E-state index contributed by atoms with van der Waals surface area (Å²) < 4.78 is 6.71. The highest BCUT2D eigenvalue weighted by molar-refractivity contribution is 9.10. The van der Waals surface area contributed by atoms with Gasteiger partial charge in [-0.25, -0.2) is 4.98 Å². The summed E-state index contributed by atoms with van der Waals surface area (Å²) in [5.74, 6) is 0.759. The third-order valence-corrected chi connectivity index (χ3v) is 4.77. The lowest BCUT2D eigenvalue weighted by molar-refractivity contribution is -0.129. The molecular formula is C15H15BrN2O2S. The molecule has 4 nitrogen and oxygen atoms in total. The van der Waals surface area contributed by atoms with Crippen molar-refractivity contribution in [3.05, 3.63) is 45.2 Å². The van der Waals surface area contributed by atoms with Gasteiger partial charge in [0.1, 0.15) is 6.10 Å². The molecule has 110 valence electrons. The Kier molecular flexibility index (Phi) is 4.55. The lowest BCUT2D eigenvalue weighted by Crippen LogP contribution is -2.32. The van der Waals surface area contributed by atoms with Crippen LogP contribution in [0, 0.1) is 0 Å². The highest BCUT2D eigenvalue weighted by Gasteiger charge is 2.28. The summed E-state index contributed by atoms with van der Waals surface area (Å²) in [6.07, 6.45) is 3.04. The maximum atomic E-state index is 12.2. The van der Waals surface area contributed by atoms with E-state index in [9.17, 15) is 4.79 Å². The van der Waals surface area contributed by atoms with Crippen LogP contribution >= 0.6 is 27.3 Å². The second-order valence-electron chi connectivity index (χ2n) is 4.97. The molecule has 0 bridgehead atoms. The first-order chi connectivity index (χ1) is 10.2. The first-order valence-electron chi connectivity index (χ1n) is 6.78. The van der Waals surface area contributed by atoms with Crippen LogP contribution in [0.3, 0.4) is 0 Å². The van der Waals surface area contributed by atoms with E-state index >= 15 is 0 Å². The molecule has 6 heteroatoms. The zero-order valence-corrected chi connectivity index (χ0v) is 13.8. The average Bonchev–Trinajstić information content (AvgIpc) is 3.13. The molecule has 1 aliphatic heterocycles. The molecule has 3 heterocycles. The number of halogens is 1. The Morgan fingerprint density at radius 1 is 1.52 bits per heavy atom. The number of pyridine rings is 1. The van der Waals surface area contributed by atoms with Gasteiger partial charge in [0.05, 0.1) is 17.4 Å². The minimum atomic E-state index is 0.0163. The van der Waals surface area contributed by atoms with Gasteiger partial charge in [0.15, 0.2) is 0 Å². The van der Waals surface area contributed by atoms with E-state index in [2.05, 4.69) is 20.9 Å². The number of hydrogen-bond donors (Lipinski definition) is 0. The second kappa shape index (κ2) is 6.58. The lowest BCUT2D eigenvalue weighted by Gasteiger charge is -2.17. The molecule has 0 radical (unpaired) electrons. The van der Waals surface area contributed by atoms with Crippen LogP contribution in [-0.2, 0) is 11.2 Å². The van der Waals surface area contributed by atoms with Crippen LogP contribution in [0.5, 0.6) is 5.88 Å². The van der Waals surface area contributed by atoms with Crippen LogP contribution in [0.2, 0.25) is 0 Å². The van der Waals surface area contributed by atoms with E-state index in [1.54, 1.807) is 17.5 Å². The minimum Gasteiger partial charge on any atom is -0.472 e. The topological polar surface area (TPSA) is 42.4 Å². The number of carbonyl (C=O) groups is 1. The third-order valence-electron chi connectivity index (χ3n) is 3.44. The Labute approximate surface area is 135 Å². The first-order valence-corrected chi connectivity index (χ1v) is 8.52. The zero-order valence-electron chi connectivity index (χ0n) is 11.4. The summed E-state index contributed by atoms with van der Waals surface area (Å²) in [6, 6.07) is 5.75. The monoisotopic (exact) mass is 366 g/mol. The van der Waals surface area contributed by atoms with Crippen molar-refractivity contribution in [3.8, 4) is 5.88 Å². The number of thiophene rings is 1. The predicted octanol–water partition coefficient (Wildman–Crippen LogP) is 3.13. The molecule has 2 aromatic heterocycles. The van der Waals surface area contributed by atoms with Gasteiger partial charge in [0, 0.05) is 19.2 Å². The van der Waals surface area contributed by atoms with Crippen molar-refractivity contribution in [2.75, 3.05) is 13.1 Å². The summed E-state index contributed by atoms with van der Waals surface area (Å²) in [6.45, 7) is 1.38. The van der Waals surface area contributed by atoms with Crippen molar-refractivity contribution in [2.45, 2.75) is 18.9 Å². The van der Waals surface area contributed by atoms with Gasteiger partial charge in [-0.15, -0.1) is 0 Å². The van der Waals surface area contributed by atoms with Crippen LogP contribution < -0.4 is 4.74 Å². The van der Waals surface area contributed by atoms with Gasteiger partial charge in [-0.2, -0.15) is 11.3 Å². The molecule has 1 saturated heterocycles. The van der Waals surface area contributed by atoms with E-state index < -0.39 is 0 Å². The standard InChI is InChI=1S/C15H15BrN2O2S/c16-13-2-1-5-17-15(13)20-12-3-6-18(9-12)14(19)8-11-4-7-21-10-11/h1-2,4-5,7,10,12H,3,6,8-9H2/t12-/m1/s1. The average molecular weight is 367 g/mol. The third kappa shape index (κ3) is 3.63. The van der Waals surface area contributed by atoms with Crippen LogP contribution in [0.4, 0.5) is 0 Å². The summed E-state index contributed by atoms with van der Waals surface area (Å²) in [5, 5.41) is 4.02. The van der Waals surface area contributed by atoms with Crippen molar-refractivity contribution in [1.29, 1.82) is 0 Å². The molecule has 1 amide bonds. The van der Waals surface area contributed by atoms with E-state index in [1.807, 2.05) is 33.9 Å². The fourth-order valence-corrected chi connectivity index (χ4v) is 3.36. The molecule has 0 spiro atoms. The number of amides is 1. The molecule has 21 heavy (non-hydrogen) atoms. The summed E-state index contributed by atoms with van der Waals surface area (Å²) in [7, 11) is 0. The lowest BCUT2D eigenvalue weighted by atomic mass is 10.2.